The van der Waals surface area contributed by atoms with E-state index in [0.29, 0.717) is 23.6 Å². The Morgan fingerprint density at radius 3 is 2.62 bits per heavy atom. The summed E-state index contributed by atoms with van der Waals surface area (Å²) in [7, 11) is 0. The molecule has 2 saturated carbocycles. The predicted molar refractivity (Wildman–Crippen MR) is 94.4 cm³/mol. The number of rotatable bonds is 4. The fourth-order valence-electron chi connectivity index (χ4n) is 3.58. The summed E-state index contributed by atoms with van der Waals surface area (Å²) >= 11 is 0. The largest absolute Gasteiger partial charge is 0.351 e. The van der Waals surface area contributed by atoms with Crippen LogP contribution in [0.2, 0.25) is 0 Å². The second-order valence-corrected chi connectivity index (χ2v) is 7.39. The third kappa shape index (κ3) is 3.42. The van der Waals surface area contributed by atoms with Gasteiger partial charge in [0.05, 0.1) is 6.20 Å². The summed E-state index contributed by atoms with van der Waals surface area (Å²) in [5.41, 5.74) is 2.54. The molecule has 0 aliphatic heterocycles. The van der Waals surface area contributed by atoms with Gasteiger partial charge in [-0.15, -0.1) is 0 Å². The molecule has 24 heavy (non-hydrogen) atoms. The van der Waals surface area contributed by atoms with Crippen molar-refractivity contribution in [3.05, 3.63) is 41.8 Å². The van der Waals surface area contributed by atoms with Gasteiger partial charge in [-0.3, -0.25) is 0 Å². The first-order valence-corrected chi connectivity index (χ1v) is 9.08. The Morgan fingerprint density at radius 2 is 1.88 bits per heavy atom. The summed E-state index contributed by atoms with van der Waals surface area (Å²) in [5, 5.41) is 3.40. The maximum absolute atomic E-state index is 14.3. The molecule has 1 N–H and O–H groups in total. The zero-order valence-corrected chi connectivity index (χ0v) is 14.1. The highest BCUT2D eigenvalue weighted by atomic mass is 19.1. The highest BCUT2D eigenvalue weighted by Crippen LogP contribution is 2.41. The second-order valence-electron chi connectivity index (χ2n) is 7.39. The van der Waals surface area contributed by atoms with Gasteiger partial charge in [0.15, 0.2) is 5.82 Å². The van der Waals surface area contributed by atoms with Gasteiger partial charge in [-0.25, -0.2) is 14.4 Å². The van der Waals surface area contributed by atoms with E-state index < -0.39 is 0 Å². The predicted octanol–water partition coefficient (Wildman–Crippen LogP) is 5.15. The molecule has 1 aromatic carbocycles. The number of hydrogen-bond donors (Lipinski definition) is 1. The lowest BCUT2D eigenvalue weighted by atomic mass is 9.87. The van der Waals surface area contributed by atoms with Crippen molar-refractivity contribution in [1.29, 1.82) is 0 Å². The fourth-order valence-corrected chi connectivity index (χ4v) is 3.58. The molecule has 0 saturated heterocycles. The van der Waals surface area contributed by atoms with Crippen molar-refractivity contribution >= 4 is 5.95 Å². The highest BCUT2D eigenvalue weighted by Gasteiger charge is 2.24. The Balaban J connectivity index is 1.56. The van der Waals surface area contributed by atoms with Crippen molar-refractivity contribution in [3.63, 3.8) is 0 Å². The summed E-state index contributed by atoms with van der Waals surface area (Å²) in [4.78, 5) is 8.63. The molecule has 0 radical (unpaired) electrons. The monoisotopic (exact) mass is 325 g/mol. The molecule has 0 amide bonds. The fraction of sp³-hybridized carbons (Fsp3) is 0.500. The van der Waals surface area contributed by atoms with E-state index in [1.165, 1.54) is 37.4 Å². The number of hydrogen-bond acceptors (Lipinski definition) is 3. The van der Waals surface area contributed by atoms with Gasteiger partial charge in [-0.1, -0.05) is 25.1 Å². The Kier molecular flexibility index (Phi) is 4.21. The van der Waals surface area contributed by atoms with Crippen LogP contribution in [0.15, 0.2) is 30.5 Å². The smallest absolute Gasteiger partial charge is 0.223 e. The first-order chi connectivity index (χ1) is 11.7. The first kappa shape index (κ1) is 15.6. The molecular formula is C20H24FN3. The van der Waals surface area contributed by atoms with Gasteiger partial charge in [-0.05, 0) is 62.0 Å². The molecule has 2 aromatic rings. The maximum Gasteiger partial charge on any atom is 0.223 e. The molecule has 2 aliphatic carbocycles. The number of halogens is 1. The molecule has 1 aromatic heterocycles. The zero-order chi connectivity index (χ0) is 16.5. The SMILES string of the molecule is CC1CCC(Nc2ncc(F)c(-c3cccc(C4CC4)c3)n2)CC1. The van der Waals surface area contributed by atoms with Crippen molar-refractivity contribution in [3.8, 4) is 11.3 Å². The summed E-state index contributed by atoms with van der Waals surface area (Å²) in [6.07, 6.45) is 8.50. The molecule has 0 unspecified atom stereocenters. The van der Waals surface area contributed by atoms with E-state index in [2.05, 4.69) is 34.3 Å². The van der Waals surface area contributed by atoms with E-state index in [1.54, 1.807) is 0 Å². The minimum absolute atomic E-state index is 0.356. The van der Waals surface area contributed by atoms with E-state index in [9.17, 15) is 4.39 Å². The van der Waals surface area contributed by atoms with Crippen LogP contribution in [0, 0.1) is 11.7 Å². The average Bonchev–Trinajstić information content (AvgIpc) is 3.44. The van der Waals surface area contributed by atoms with Gasteiger partial charge in [0.2, 0.25) is 5.95 Å². The average molecular weight is 325 g/mol. The molecule has 126 valence electrons. The molecule has 1 heterocycles. The number of benzene rings is 1. The normalized spacial score (nSPS) is 23.9. The van der Waals surface area contributed by atoms with Gasteiger partial charge >= 0.3 is 0 Å². The maximum atomic E-state index is 14.3. The minimum Gasteiger partial charge on any atom is -0.351 e. The van der Waals surface area contributed by atoms with Gasteiger partial charge in [0, 0.05) is 11.6 Å². The molecule has 0 atom stereocenters. The number of aromatic nitrogens is 2. The molecular weight excluding hydrogens is 301 g/mol. The van der Waals surface area contributed by atoms with Crippen molar-refractivity contribution in [2.45, 2.75) is 57.4 Å². The minimum atomic E-state index is -0.356. The van der Waals surface area contributed by atoms with E-state index in [1.807, 2.05) is 12.1 Å². The lowest BCUT2D eigenvalue weighted by Crippen LogP contribution is -2.26. The van der Waals surface area contributed by atoms with Crippen LogP contribution in [0.25, 0.3) is 11.3 Å². The van der Waals surface area contributed by atoms with E-state index in [0.717, 1.165) is 24.3 Å². The summed E-state index contributed by atoms with van der Waals surface area (Å²) < 4.78 is 14.3. The molecule has 0 spiro atoms. The van der Waals surface area contributed by atoms with Crippen molar-refractivity contribution in [2.75, 3.05) is 5.32 Å². The Morgan fingerprint density at radius 1 is 1.08 bits per heavy atom. The lowest BCUT2D eigenvalue weighted by Gasteiger charge is -2.26. The third-order valence-corrected chi connectivity index (χ3v) is 5.30. The Bertz CT molecular complexity index is 719. The summed E-state index contributed by atoms with van der Waals surface area (Å²) in [6.45, 7) is 2.30. The number of nitrogens with zero attached hydrogens (tertiary/aromatic N) is 2. The van der Waals surface area contributed by atoms with Crippen LogP contribution in [-0.4, -0.2) is 16.0 Å². The topological polar surface area (TPSA) is 37.8 Å². The quantitative estimate of drug-likeness (QED) is 0.844. The van der Waals surface area contributed by atoms with Gasteiger partial charge in [0.1, 0.15) is 5.69 Å². The molecule has 4 rings (SSSR count). The van der Waals surface area contributed by atoms with E-state index >= 15 is 0 Å². The van der Waals surface area contributed by atoms with Crippen LogP contribution in [0.5, 0.6) is 0 Å². The molecule has 2 aliphatic rings. The van der Waals surface area contributed by atoms with Gasteiger partial charge in [0.25, 0.3) is 0 Å². The van der Waals surface area contributed by atoms with Crippen LogP contribution in [0.4, 0.5) is 10.3 Å². The Labute approximate surface area is 142 Å². The number of anilines is 1. The molecule has 4 heteroatoms. The van der Waals surface area contributed by atoms with Gasteiger partial charge in [-0.2, -0.15) is 0 Å². The van der Waals surface area contributed by atoms with E-state index in [4.69, 9.17) is 0 Å². The summed E-state index contributed by atoms with van der Waals surface area (Å²) in [5.74, 6) is 1.64. The van der Waals surface area contributed by atoms with Crippen molar-refractivity contribution in [1.82, 2.24) is 9.97 Å². The van der Waals surface area contributed by atoms with E-state index in [-0.39, 0.29) is 5.82 Å². The van der Waals surface area contributed by atoms with Crippen LogP contribution in [-0.2, 0) is 0 Å². The Hall–Kier alpha value is -1.97. The van der Waals surface area contributed by atoms with Crippen LogP contribution in [0.1, 0.15) is 56.9 Å². The number of nitrogens with one attached hydrogen (secondary N) is 1. The molecule has 0 bridgehead atoms. The van der Waals surface area contributed by atoms with Crippen LogP contribution >= 0.6 is 0 Å². The van der Waals surface area contributed by atoms with Crippen molar-refractivity contribution < 1.29 is 4.39 Å². The summed E-state index contributed by atoms with van der Waals surface area (Å²) in [6, 6.07) is 8.54. The van der Waals surface area contributed by atoms with Gasteiger partial charge < -0.3 is 5.32 Å². The standard InChI is InChI=1S/C20H24FN3/c1-13-5-9-17(10-6-13)23-20-22-12-18(21)19(24-20)16-4-2-3-15(11-16)14-7-8-14/h2-4,11-14,17H,5-10H2,1H3,(H,22,23,24). The van der Waals surface area contributed by atoms with Crippen LogP contribution < -0.4 is 5.32 Å². The third-order valence-electron chi connectivity index (χ3n) is 5.30. The second kappa shape index (κ2) is 6.50. The first-order valence-electron chi connectivity index (χ1n) is 9.08. The molecule has 3 nitrogen and oxygen atoms in total. The zero-order valence-electron chi connectivity index (χ0n) is 14.1. The lowest BCUT2D eigenvalue weighted by molar-refractivity contribution is 0.360. The van der Waals surface area contributed by atoms with Crippen LogP contribution in [0.3, 0.4) is 0 Å². The molecule has 2 fully saturated rings. The van der Waals surface area contributed by atoms with Crippen molar-refractivity contribution in [2.24, 2.45) is 5.92 Å². The highest BCUT2D eigenvalue weighted by molar-refractivity contribution is 5.62.